The number of hydrogen-bond donors (Lipinski definition) is 3. The molecule has 0 radical (unpaired) electrons. The van der Waals surface area contributed by atoms with Crippen molar-refractivity contribution in [3.8, 4) is 5.75 Å². The van der Waals surface area contributed by atoms with E-state index in [0.29, 0.717) is 17.7 Å². The molecule has 0 spiro atoms. The van der Waals surface area contributed by atoms with Crippen LogP contribution in [0.25, 0.3) is 0 Å². The van der Waals surface area contributed by atoms with Crippen molar-refractivity contribution in [2.24, 2.45) is 10.9 Å². The van der Waals surface area contributed by atoms with E-state index in [1.54, 1.807) is 12.1 Å². The lowest BCUT2D eigenvalue weighted by atomic mass is 9.78. The quantitative estimate of drug-likeness (QED) is 0.240. The molecule has 0 heterocycles. The molecule has 0 aromatic heterocycles. The molecule has 1 saturated carbocycles. The second kappa shape index (κ2) is 5.93. The average molecular weight is 263 g/mol. The molecule has 104 valence electrons. The van der Waals surface area contributed by atoms with Gasteiger partial charge in [-0.15, -0.1) is 0 Å². The molecular weight excluding hydrogens is 242 g/mol. The summed E-state index contributed by atoms with van der Waals surface area (Å²) in [6, 6.07) is 7.17. The van der Waals surface area contributed by atoms with Crippen LogP contribution in [0.3, 0.4) is 0 Å². The monoisotopic (exact) mass is 263 g/mol. The Balaban J connectivity index is 1.74. The minimum Gasteiger partial charge on any atom is -0.492 e. The molecule has 0 aliphatic heterocycles. The number of nitrogens with one attached hydrogen (secondary N) is 1. The molecular formula is C14H21N3O2. The lowest BCUT2D eigenvalue weighted by Gasteiger charge is -2.39. The number of benzene rings is 1. The highest BCUT2D eigenvalue weighted by Gasteiger charge is 2.30. The predicted octanol–water partition coefficient (Wildman–Crippen LogP) is 1.69. The number of nitrogens with zero attached hydrogens (tertiary/aromatic N) is 1. The van der Waals surface area contributed by atoms with Crippen LogP contribution < -0.4 is 15.8 Å². The van der Waals surface area contributed by atoms with Crippen LogP contribution in [0.1, 0.15) is 31.7 Å². The van der Waals surface area contributed by atoms with Crippen LogP contribution >= 0.6 is 0 Å². The van der Waals surface area contributed by atoms with Crippen molar-refractivity contribution in [3.05, 3.63) is 29.8 Å². The summed E-state index contributed by atoms with van der Waals surface area (Å²) in [5, 5.41) is 15.0. The van der Waals surface area contributed by atoms with E-state index in [1.165, 1.54) is 19.3 Å². The second-order valence-corrected chi connectivity index (χ2v) is 5.20. The molecule has 1 aliphatic rings. The SMILES string of the molecule is CC1(NCCOc2ccc(/C(N)=N/O)cc2)CCC1. The van der Waals surface area contributed by atoms with E-state index >= 15 is 0 Å². The molecule has 1 aromatic rings. The number of amidine groups is 1. The predicted molar refractivity (Wildman–Crippen MR) is 74.7 cm³/mol. The van der Waals surface area contributed by atoms with Crippen molar-refractivity contribution in [3.63, 3.8) is 0 Å². The molecule has 0 amide bonds. The standard InChI is InChI=1S/C14H21N3O2/c1-14(7-2-8-14)16-9-10-19-12-5-3-11(4-6-12)13(15)17-18/h3-6,16,18H,2,7-10H2,1H3,(H2,15,17). The minimum atomic E-state index is 0.103. The number of nitrogens with two attached hydrogens (primary N) is 1. The maximum atomic E-state index is 8.56. The van der Waals surface area contributed by atoms with Crippen molar-refractivity contribution in [2.45, 2.75) is 31.7 Å². The number of ether oxygens (including phenoxy) is 1. The van der Waals surface area contributed by atoms with Gasteiger partial charge in [-0.1, -0.05) is 5.16 Å². The summed E-state index contributed by atoms with van der Waals surface area (Å²) in [6.07, 6.45) is 3.82. The Morgan fingerprint density at radius 3 is 2.63 bits per heavy atom. The van der Waals surface area contributed by atoms with Gasteiger partial charge in [-0.3, -0.25) is 0 Å². The Bertz CT molecular complexity index is 439. The summed E-state index contributed by atoms with van der Waals surface area (Å²) in [6.45, 7) is 3.74. The van der Waals surface area contributed by atoms with E-state index in [0.717, 1.165) is 12.3 Å². The first kappa shape index (κ1) is 13.7. The highest BCUT2D eigenvalue weighted by molar-refractivity contribution is 5.97. The number of oxime groups is 1. The Morgan fingerprint density at radius 1 is 1.42 bits per heavy atom. The molecule has 1 aromatic carbocycles. The van der Waals surface area contributed by atoms with Crippen molar-refractivity contribution in [1.29, 1.82) is 0 Å². The van der Waals surface area contributed by atoms with E-state index in [-0.39, 0.29) is 5.84 Å². The number of rotatable bonds is 6. The first-order valence-electron chi connectivity index (χ1n) is 6.59. The van der Waals surface area contributed by atoms with Crippen molar-refractivity contribution >= 4 is 5.84 Å². The normalized spacial score (nSPS) is 17.8. The third-order valence-electron chi connectivity index (χ3n) is 3.64. The highest BCUT2D eigenvalue weighted by atomic mass is 16.5. The molecule has 0 unspecified atom stereocenters. The van der Waals surface area contributed by atoms with Gasteiger partial charge in [0.2, 0.25) is 0 Å². The fourth-order valence-corrected chi connectivity index (χ4v) is 2.19. The first-order chi connectivity index (χ1) is 9.13. The maximum Gasteiger partial charge on any atom is 0.170 e. The van der Waals surface area contributed by atoms with Gasteiger partial charge in [-0.25, -0.2) is 0 Å². The molecule has 5 nitrogen and oxygen atoms in total. The summed E-state index contributed by atoms with van der Waals surface area (Å²) in [4.78, 5) is 0. The molecule has 19 heavy (non-hydrogen) atoms. The largest absolute Gasteiger partial charge is 0.492 e. The van der Waals surface area contributed by atoms with Gasteiger partial charge in [0.15, 0.2) is 5.84 Å². The minimum absolute atomic E-state index is 0.103. The van der Waals surface area contributed by atoms with E-state index in [9.17, 15) is 0 Å². The van der Waals surface area contributed by atoms with Gasteiger partial charge in [0, 0.05) is 17.6 Å². The van der Waals surface area contributed by atoms with E-state index < -0.39 is 0 Å². The van der Waals surface area contributed by atoms with Gasteiger partial charge in [0.25, 0.3) is 0 Å². The zero-order chi connectivity index (χ0) is 13.7. The first-order valence-corrected chi connectivity index (χ1v) is 6.59. The Labute approximate surface area is 113 Å². The molecule has 5 heteroatoms. The van der Waals surface area contributed by atoms with Crippen LogP contribution in [-0.2, 0) is 0 Å². The second-order valence-electron chi connectivity index (χ2n) is 5.20. The molecule has 4 N–H and O–H groups in total. The van der Waals surface area contributed by atoms with Gasteiger partial charge in [0.1, 0.15) is 12.4 Å². The zero-order valence-corrected chi connectivity index (χ0v) is 11.2. The Hall–Kier alpha value is -1.75. The van der Waals surface area contributed by atoms with Crippen molar-refractivity contribution in [1.82, 2.24) is 5.32 Å². The summed E-state index contributed by atoms with van der Waals surface area (Å²) in [5.74, 6) is 0.890. The smallest absolute Gasteiger partial charge is 0.170 e. The average Bonchev–Trinajstić information content (AvgIpc) is 2.41. The fourth-order valence-electron chi connectivity index (χ4n) is 2.19. The van der Waals surface area contributed by atoms with Crippen LogP contribution in [0.5, 0.6) is 5.75 Å². The summed E-state index contributed by atoms with van der Waals surface area (Å²) in [7, 11) is 0. The molecule has 0 saturated heterocycles. The third-order valence-corrected chi connectivity index (χ3v) is 3.64. The number of hydrogen-bond acceptors (Lipinski definition) is 4. The lowest BCUT2D eigenvalue weighted by molar-refractivity contribution is 0.192. The molecule has 1 aliphatic carbocycles. The van der Waals surface area contributed by atoms with Crippen LogP contribution in [0.4, 0.5) is 0 Å². The lowest BCUT2D eigenvalue weighted by Crippen LogP contribution is -2.49. The van der Waals surface area contributed by atoms with E-state index in [4.69, 9.17) is 15.7 Å². The summed E-state index contributed by atoms with van der Waals surface area (Å²) >= 11 is 0. The van der Waals surface area contributed by atoms with Gasteiger partial charge >= 0.3 is 0 Å². The van der Waals surface area contributed by atoms with Crippen LogP contribution in [0, 0.1) is 0 Å². The topological polar surface area (TPSA) is 79.9 Å². The van der Waals surface area contributed by atoms with Crippen LogP contribution in [0.2, 0.25) is 0 Å². The Kier molecular flexibility index (Phi) is 4.27. The van der Waals surface area contributed by atoms with Gasteiger partial charge in [0.05, 0.1) is 0 Å². The van der Waals surface area contributed by atoms with Crippen LogP contribution in [0.15, 0.2) is 29.4 Å². The zero-order valence-electron chi connectivity index (χ0n) is 11.2. The van der Waals surface area contributed by atoms with Crippen molar-refractivity contribution < 1.29 is 9.94 Å². The van der Waals surface area contributed by atoms with E-state index in [2.05, 4.69) is 17.4 Å². The fraction of sp³-hybridized carbons (Fsp3) is 0.500. The van der Waals surface area contributed by atoms with Gasteiger partial charge < -0.3 is 21.0 Å². The Morgan fingerprint density at radius 2 is 2.11 bits per heavy atom. The molecule has 0 bridgehead atoms. The highest BCUT2D eigenvalue weighted by Crippen LogP contribution is 2.30. The maximum absolute atomic E-state index is 8.56. The molecule has 0 atom stereocenters. The summed E-state index contributed by atoms with van der Waals surface area (Å²) in [5.41, 5.74) is 6.48. The van der Waals surface area contributed by atoms with Gasteiger partial charge in [-0.05, 0) is 50.5 Å². The van der Waals surface area contributed by atoms with Gasteiger partial charge in [-0.2, -0.15) is 0 Å². The molecule has 1 fully saturated rings. The van der Waals surface area contributed by atoms with E-state index in [1.807, 2.05) is 12.1 Å². The van der Waals surface area contributed by atoms with Crippen LogP contribution in [-0.4, -0.2) is 29.7 Å². The molecule has 2 rings (SSSR count). The third kappa shape index (κ3) is 3.61. The summed E-state index contributed by atoms with van der Waals surface area (Å²) < 4.78 is 5.63. The van der Waals surface area contributed by atoms with Crippen molar-refractivity contribution in [2.75, 3.05) is 13.2 Å².